The molecule has 4 nitrogen and oxygen atoms in total. The number of rotatable bonds is 3. The molecule has 5 heteroatoms. The first-order valence-corrected chi connectivity index (χ1v) is 5.15. The minimum Gasteiger partial charge on any atom is -0.483 e. The van der Waals surface area contributed by atoms with E-state index in [4.69, 9.17) is 4.74 Å². The summed E-state index contributed by atoms with van der Waals surface area (Å²) in [6, 6.07) is 5.41. The molecule has 0 spiro atoms. The molecule has 0 aliphatic carbocycles. The van der Waals surface area contributed by atoms with E-state index >= 15 is 0 Å². The van der Waals surface area contributed by atoms with Gasteiger partial charge in [0.2, 0.25) is 0 Å². The molecule has 0 bridgehead atoms. The molecule has 0 radical (unpaired) electrons. The third-order valence-electron chi connectivity index (χ3n) is 1.70. The number of hydrogen-bond donors (Lipinski definition) is 0. The number of halogens is 1. The molecule has 0 N–H and O–H groups in total. The van der Waals surface area contributed by atoms with Crippen LogP contribution in [-0.2, 0) is 6.61 Å². The lowest BCUT2D eigenvalue weighted by atomic mass is 10.4. The zero-order chi connectivity index (χ0) is 10.5. The van der Waals surface area contributed by atoms with Crippen molar-refractivity contribution in [3.63, 3.8) is 0 Å². The van der Waals surface area contributed by atoms with Gasteiger partial charge >= 0.3 is 0 Å². The summed E-state index contributed by atoms with van der Waals surface area (Å²) in [5.74, 6) is 1.33. The molecule has 0 atom stereocenters. The van der Waals surface area contributed by atoms with Crippen LogP contribution in [0.25, 0.3) is 0 Å². The topological polar surface area (TPSA) is 47.9 Å². The second kappa shape index (κ2) is 4.84. The normalized spacial score (nSPS) is 9.93. The molecule has 0 amide bonds. The van der Waals surface area contributed by atoms with Gasteiger partial charge in [0.05, 0.1) is 0 Å². The van der Waals surface area contributed by atoms with E-state index in [1.54, 1.807) is 24.7 Å². The first-order valence-electron chi connectivity index (χ1n) is 4.35. The van der Waals surface area contributed by atoms with E-state index in [0.717, 1.165) is 0 Å². The molecule has 0 unspecified atom stereocenters. The monoisotopic (exact) mass is 265 g/mol. The molecule has 2 heterocycles. The van der Waals surface area contributed by atoms with Crippen LogP contribution in [0.1, 0.15) is 5.82 Å². The molecule has 0 aliphatic rings. The molecule has 0 saturated heterocycles. The summed E-state index contributed by atoms with van der Waals surface area (Å²) in [6.07, 6.45) is 5.06. The molecular weight excluding hydrogens is 258 g/mol. The van der Waals surface area contributed by atoms with Crippen molar-refractivity contribution in [1.29, 1.82) is 0 Å². The number of aromatic nitrogens is 3. The fourth-order valence-corrected chi connectivity index (χ4v) is 1.39. The van der Waals surface area contributed by atoms with Crippen molar-refractivity contribution in [3.8, 4) is 5.75 Å². The van der Waals surface area contributed by atoms with Crippen molar-refractivity contribution in [1.82, 2.24) is 15.0 Å². The second-order valence-corrected chi connectivity index (χ2v) is 3.50. The van der Waals surface area contributed by atoms with Crippen molar-refractivity contribution >= 4 is 15.9 Å². The van der Waals surface area contributed by atoms with Gasteiger partial charge in [-0.3, -0.25) is 0 Å². The lowest BCUT2D eigenvalue weighted by Crippen LogP contribution is -2.00. The summed E-state index contributed by atoms with van der Waals surface area (Å²) >= 11 is 3.29. The standard InChI is InChI=1S/C10H8BrN3O/c11-10-8(3-1-4-14-10)15-7-9-12-5-2-6-13-9/h1-6H,7H2. The van der Waals surface area contributed by atoms with Gasteiger partial charge in [-0.2, -0.15) is 0 Å². The van der Waals surface area contributed by atoms with Gasteiger partial charge < -0.3 is 4.74 Å². The predicted octanol–water partition coefficient (Wildman–Crippen LogP) is 2.21. The van der Waals surface area contributed by atoms with E-state index in [2.05, 4.69) is 30.9 Å². The van der Waals surface area contributed by atoms with Crippen molar-refractivity contribution < 1.29 is 4.74 Å². The number of nitrogens with zero attached hydrogens (tertiary/aromatic N) is 3. The van der Waals surface area contributed by atoms with Crippen molar-refractivity contribution in [2.24, 2.45) is 0 Å². The Labute approximate surface area is 95.5 Å². The van der Waals surface area contributed by atoms with Crippen LogP contribution in [0.15, 0.2) is 41.4 Å². The van der Waals surface area contributed by atoms with E-state index in [-0.39, 0.29) is 0 Å². The minimum absolute atomic E-state index is 0.338. The number of hydrogen-bond acceptors (Lipinski definition) is 4. The van der Waals surface area contributed by atoms with Crippen LogP contribution in [0.3, 0.4) is 0 Å². The van der Waals surface area contributed by atoms with Crippen LogP contribution in [-0.4, -0.2) is 15.0 Å². The van der Waals surface area contributed by atoms with Gasteiger partial charge in [0.15, 0.2) is 11.6 Å². The Kier molecular flexibility index (Phi) is 3.24. The maximum absolute atomic E-state index is 5.49. The Morgan fingerprint density at radius 3 is 2.53 bits per heavy atom. The third-order valence-corrected chi connectivity index (χ3v) is 2.30. The summed E-state index contributed by atoms with van der Waals surface area (Å²) in [7, 11) is 0. The largest absolute Gasteiger partial charge is 0.483 e. The lowest BCUT2D eigenvalue weighted by Gasteiger charge is -2.05. The van der Waals surface area contributed by atoms with Crippen LogP contribution in [0.4, 0.5) is 0 Å². The van der Waals surface area contributed by atoms with E-state index in [1.165, 1.54) is 0 Å². The van der Waals surface area contributed by atoms with E-state index < -0.39 is 0 Å². The summed E-state index contributed by atoms with van der Waals surface area (Å²) in [4.78, 5) is 12.1. The maximum atomic E-state index is 5.49. The average molecular weight is 266 g/mol. The maximum Gasteiger partial charge on any atom is 0.166 e. The quantitative estimate of drug-likeness (QED) is 0.799. The molecular formula is C10H8BrN3O. The van der Waals surface area contributed by atoms with Gasteiger partial charge in [-0.1, -0.05) is 0 Å². The van der Waals surface area contributed by atoms with E-state index in [9.17, 15) is 0 Å². The van der Waals surface area contributed by atoms with Crippen LogP contribution in [0.5, 0.6) is 5.75 Å². The zero-order valence-electron chi connectivity index (χ0n) is 7.80. The lowest BCUT2D eigenvalue weighted by molar-refractivity contribution is 0.292. The first kappa shape index (κ1) is 10.0. The Bertz CT molecular complexity index is 436. The highest BCUT2D eigenvalue weighted by atomic mass is 79.9. The average Bonchev–Trinajstić information content (AvgIpc) is 2.29. The van der Waals surface area contributed by atoms with Crippen LogP contribution >= 0.6 is 15.9 Å². The Balaban J connectivity index is 2.03. The molecule has 0 saturated carbocycles. The summed E-state index contributed by atoms with van der Waals surface area (Å²) in [5.41, 5.74) is 0. The van der Waals surface area contributed by atoms with Gasteiger partial charge in [-0.25, -0.2) is 15.0 Å². The van der Waals surface area contributed by atoms with Crippen LogP contribution in [0, 0.1) is 0 Å². The van der Waals surface area contributed by atoms with Crippen molar-refractivity contribution in [3.05, 3.63) is 47.2 Å². The first-order chi connectivity index (χ1) is 7.36. The molecule has 0 fully saturated rings. The van der Waals surface area contributed by atoms with Gasteiger partial charge in [0.25, 0.3) is 0 Å². The SMILES string of the molecule is Brc1ncccc1OCc1ncccn1. The smallest absolute Gasteiger partial charge is 0.166 e. The van der Waals surface area contributed by atoms with Crippen LogP contribution < -0.4 is 4.74 Å². The van der Waals surface area contributed by atoms with Crippen molar-refractivity contribution in [2.75, 3.05) is 0 Å². The fourth-order valence-electron chi connectivity index (χ4n) is 1.03. The highest BCUT2D eigenvalue weighted by molar-refractivity contribution is 9.10. The van der Waals surface area contributed by atoms with Crippen LogP contribution in [0.2, 0.25) is 0 Å². The Morgan fingerprint density at radius 2 is 1.80 bits per heavy atom. The highest BCUT2D eigenvalue weighted by Gasteiger charge is 2.01. The molecule has 2 aromatic heterocycles. The van der Waals surface area contributed by atoms with E-state index in [0.29, 0.717) is 22.8 Å². The van der Waals surface area contributed by atoms with Gasteiger partial charge in [0.1, 0.15) is 11.2 Å². The van der Waals surface area contributed by atoms with Gasteiger partial charge in [0, 0.05) is 18.6 Å². The Morgan fingerprint density at radius 1 is 1.07 bits per heavy atom. The van der Waals surface area contributed by atoms with Crippen molar-refractivity contribution in [2.45, 2.75) is 6.61 Å². The predicted molar refractivity (Wildman–Crippen MR) is 58.3 cm³/mol. The van der Waals surface area contributed by atoms with E-state index in [1.807, 2.05) is 12.1 Å². The Hall–Kier alpha value is -1.49. The second-order valence-electron chi connectivity index (χ2n) is 2.75. The van der Waals surface area contributed by atoms with Gasteiger partial charge in [-0.15, -0.1) is 0 Å². The minimum atomic E-state index is 0.338. The van der Waals surface area contributed by atoms with Gasteiger partial charge in [-0.05, 0) is 34.1 Å². The summed E-state index contributed by atoms with van der Waals surface area (Å²) in [5, 5.41) is 0. The molecule has 2 aromatic rings. The fraction of sp³-hybridized carbons (Fsp3) is 0.100. The summed E-state index contributed by atoms with van der Waals surface area (Å²) in [6.45, 7) is 0.338. The summed E-state index contributed by atoms with van der Waals surface area (Å²) < 4.78 is 6.17. The number of ether oxygens (including phenoxy) is 1. The number of pyridine rings is 1. The third kappa shape index (κ3) is 2.73. The molecule has 0 aromatic carbocycles. The molecule has 2 rings (SSSR count). The highest BCUT2D eigenvalue weighted by Crippen LogP contribution is 2.21. The molecule has 15 heavy (non-hydrogen) atoms. The molecule has 0 aliphatic heterocycles. The zero-order valence-corrected chi connectivity index (χ0v) is 9.39. The molecule has 76 valence electrons.